The molecule has 0 unspecified atom stereocenters. The van der Waals surface area contributed by atoms with Gasteiger partial charge >= 0.3 is 0 Å². The van der Waals surface area contributed by atoms with Crippen LogP contribution in [-0.4, -0.2) is 40.7 Å². The summed E-state index contributed by atoms with van der Waals surface area (Å²) in [5.41, 5.74) is -2.95. The molecule has 7 atom stereocenters. The average molecular weight is 362 g/mol. The molecular formula is C21H27FO4. The molecule has 5 rings (SSSR count). The molecule has 0 amide bonds. The van der Waals surface area contributed by atoms with Crippen LogP contribution in [0.15, 0.2) is 11.6 Å². The number of fused-ring (bicyclic) bond motifs is 6. The fraction of sp³-hybridized carbons (Fsp3) is 0.810. The molecule has 1 spiro atoms. The molecule has 1 N–H and O–H groups in total. The SMILES string of the molecule is C[C@]12C[C@H](O)[C@@]3(F)[C@H](CCC4=CC(=O)CC[C@]43C)[C@@H]1CC[C@@]21OCC1=O. The Balaban J connectivity index is 1.61. The van der Waals surface area contributed by atoms with Crippen molar-refractivity contribution in [2.75, 3.05) is 6.61 Å². The topological polar surface area (TPSA) is 63.6 Å². The number of ketones is 2. The van der Waals surface area contributed by atoms with Crippen molar-refractivity contribution in [2.24, 2.45) is 22.7 Å². The van der Waals surface area contributed by atoms with Crippen LogP contribution in [0.2, 0.25) is 0 Å². The first-order chi connectivity index (χ1) is 12.2. The second kappa shape index (κ2) is 4.85. The van der Waals surface area contributed by atoms with Crippen molar-refractivity contribution in [3.63, 3.8) is 0 Å². The van der Waals surface area contributed by atoms with Crippen LogP contribution in [-0.2, 0) is 14.3 Å². The van der Waals surface area contributed by atoms with Crippen LogP contribution in [0, 0.1) is 22.7 Å². The Morgan fingerprint density at radius 3 is 2.58 bits per heavy atom. The normalized spacial score (nSPS) is 55.7. The van der Waals surface area contributed by atoms with Gasteiger partial charge in [0, 0.05) is 23.2 Å². The zero-order chi connectivity index (χ0) is 18.5. The monoisotopic (exact) mass is 362 g/mol. The van der Waals surface area contributed by atoms with E-state index in [4.69, 9.17) is 4.74 Å². The van der Waals surface area contributed by atoms with E-state index in [-0.39, 0.29) is 36.4 Å². The molecule has 1 aliphatic heterocycles. The van der Waals surface area contributed by atoms with Crippen molar-refractivity contribution in [3.05, 3.63) is 11.6 Å². The number of alkyl halides is 1. The molecule has 1 saturated heterocycles. The summed E-state index contributed by atoms with van der Waals surface area (Å²) >= 11 is 0. The molecule has 0 bridgehead atoms. The lowest BCUT2D eigenvalue weighted by atomic mass is 9.43. The Morgan fingerprint density at radius 1 is 1.15 bits per heavy atom. The molecular weight excluding hydrogens is 335 g/mol. The minimum Gasteiger partial charge on any atom is -0.390 e. The molecule has 142 valence electrons. The minimum atomic E-state index is -1.74. The second-order valence-corrected chi connectivity index (χ2v) is 9.70. The van der Waals surface area contributed by atoms with Crippen molar-refractivity contribution >= 4 is 11.6 Å². The smallest absolute Gasteiger partial charge is 0.190 e. The number of halogens is 1. The van der Waals surface area contributed by atoms with Gasteiger partial charge in [0.05, 0.1) is 6.10 Å². The molecule has 0 aromatic carbocycles. The van der Waals surface area contributed by atoms with Gasteiger partial charge in [-0.3, -0.25) is 9.59 Å². The number of rotatable bonds is 0. The van der Waals surface area contributed by atoms with Crippen molar-refractivity contribution in [1.29, 1.82) is 0 Å². The van der Waals surface area contributed by atoms with Gasteiger partial charge in [0.25, 0.3) is 0 Å². The predicted molar refractivity (Wildman–Crippen MR) is 92.1 cm³/mol. The van der Waals surface area contributed by atoms with Crippen LogP contribution in [0.5, 0.6) is 0 Å². The number of aliphatic hydroxyl groups is 1. The maximum Gasteiger partial charge on any atom is 0.190 e. The first-order valence-corrected chi connectivity index (χ1v) is 9.97. The van der Waals surface area contributed by atoms with Gasteiger partial charge in [0.2, 0.25) is 0 Å². The van der Waals surface area contributed by atoms with E-state index in [1.165, 1.54) is 0 Å². The average Bonchev–Trinajstić information content (AvgIpc) is 2.90. The van der Waals surface area contributed by atoms with Gasteiger partial charge in [-0.25, -0.2) is 4.39 Å². The summed E-state index contributed by atoms with van der Waals surface area (Å²) in [6.07, 6.45) is 4.33. The van der Waals surface area contributed by atoms with E-state index in [2.05, 4.69) is 0 Å². The second-order valence-electron chi connectivity index (χ2n) is 9.70. The highest BCUT2D eigenvalue weighted by Gasteiger charge is 2.76. The summed E-state index contributed by atoms with van der Waals surface area (Å²) in [5, 5.41) is 11.1. The Kier molecular flexibility index (Phi) is 3.18. The molecule has 5 heteroatoms. The largest absolute Gasteiger partial charge is 0.390 e. The summed E-state index contributed by atoms with van der Waals surface area (Å²) in [4.78, 5) is 24.3. The van der Waals surface area contributed by atoms with Crippen molar-refractivity contribution in [3.8, 4) is 0 Å². The van der Waals surface area contributed by atoms with E-state index in [0.29, 0.717) is 32.1 Å². The lowest BCUT2D eigenvalue weighted by Crippen LogP contribution is -2.71. The van der Waals surface area contributed by atoms with Gasteiger partial charge in [-0.1, -0.05) is 19.4 Å². The third-order valence-corrected chi connectivity index (χ3v) is 9.06. The highest BCUT2D eigenvalue weighted by atomic mass is 19.1. The van der Waals surface area contributed by atoms with Crippen LogP contribution in [0.25, 0.3) is 0 Å². The number of carbonyl (C=O) groups excluding carboxylic acids is 2. The zero-order valence-electron chi connectivity index (χ0n) is 15.5. The first-order valence-electron chi connectivity index (χ1n) is 9.97. The summed E-state index contributed by atoms with van der Waals surface area (Å²) in [7, 11) is 0. The maximum atomic E-state index is 16.8. The summed E-state index contributed by atoms with van der Waals surface area (Å²) in [5.74, 6) is -0.0611. The third-order valence-electron chi connectivity index (χ3n) is 9.06. The van der Waals surface area contributed by atoms with Gasteiger partial charge in [-0.05, 0) is 50.5 Å². The first kappa shape index (κ1) is 17.1. The molecule has 1 heterocycles. The van der Waals surface area contributed by atoms with Gasteiger partial charge < -0.3 is 9.84 Å². The molecule has 5 aliphatic rings. The minimum absolute atomic E-state index is 0.0381. The lowest BCUT2D eigenvalue weighted by molar-refractivity contribution is -0.250. The zero-order valence-corrected chi connectivity index (χ0v) is 15.5. The Labute approximate surface area is 153 Å². The molecule has 4 nitrogen and oxygen atoms in total. The Morgan fingerprint density at radius 2 is 1.92 bits per heavy atom. The highest BCUT2D eigenvalue weighted by Crippen LogP contribution is 2.71. The fourth-order valence-electron chi connectivity index (χ4n) is 7.56. The third kappa shape index (κ3) is 1.60. The van der Waals surface area contributed by atoms with E-state index in [0.717, 1.165) is 12.0 Å². The van der Waals surface area contributed by atoms with Gasteiger partial charge in [-0.15, -0.1) is 0 Å². The number of hydrogen-bond acceptors (Lipinski definition) is 4. The van der Waals surface area contributed by atoms with Crippen LogP contribution in [0.1, 0.15) is 58.8 Å². The van der Waals surface area contributed by atoms with Crippen molar-refractivity contribution in [2.45, 2.75) is 76.2 Å². The molecule has 26 heavy (non-hydrogen) atoms. The molecule has 4 aliphatic carbocycles. The van der Waals surface area contributed by atoms with Gasteiger partial charge in [0.15, 0.2) is 11.6 Å². The highest BCUT2D eigenvalue weighted by molar-refractivity contribution is 5.94. The predicted octanol–water partition coefficient (Wildman–Crippen LogP) is 2.92. The fourth-order valence-corrected chi connectivity index (χ4v) is 7.56. The van der Waals surface area contributed by atoms with Crippen LogP contribution < -0.4 is 0 Å². The Hall–Kier alpha value is -1.07. The van der Waals surface area contributed by atoms with Crippen LogP contribution in [0.3, 0.4) is 0 Å². The van der Waals surface area contributed by atoms with E-state index in [1.54, 1.807) is 6.08 Å². The van der Waals surface area contributed by atoms with Crippen molar-refractivity contribution < 1.29 is 23.8 Å². The molecule has 0 radical (unpaired) electrons. The molecule has 4 fully saturated rings. The van der Waals surface area contributed by atoms with E-state index in [9.17, 15) is 14.7 Å². The van der Waals surface area contributed by atoms with E-state index in [1.807, 2.05) is 13.8 Å². The maximum absolute atomic E-state index is 16.8. The van der Waals surface area contributed by atoms with Crippen LogP contribution in [0.4, 0.5) is 4.39 Å². The summed E-state index contributed by atoms with van der Waals surface area (Å²) in [6.45, 7) is 4.08. The number of Topliss-reactive ketones (excluding diaryl/α,β-unsaturated/α-hetero) is 1. The number of carbonyl (C=O) groups is 2. The standard InChI is InChI=1S/C21H27FO4/c1-18-7-5-13(23)9-12(18)3-4-15-14-6-8-20(17(25)11-26-20)19(14,2)10-16(24)21(15,18)22/h9,14-16,24H,3-8,10-11H2,1-2H3/t14-,15+,16-,18+,19-,20-,21-/m0/s1. The van der Waals surface area contributed by atoms with Crippen molar-refractivity contribution in [1.82, 2.24) is 0 Å². The molecule has 0 aromatic heterocycles. The molecule has 0 aromatic rings. The Bertz CT molecular complexity index is 746. The van der Waals surface area contributed by atoms with E-state index < -0.39 is 28.2 Å². The van der Waals surface area contributed by atoms with E-state index >= 15 is 4.39 Å². The summed E-state index contributed by atoms with van der Waals surface area (Å²) in [6, 6.07) is 0. The number of ether oxygens (including phenoxy) is 1. The lowest BCUT2D eigenvalue weighted by Gasteiger charge is -2.64. The summed E-state index contributed by atoms with van der Waals surface area (Å²) < 4.78 is 22.6. The number of aliphatic hydroxyl groups excluding tert-OH is 1. The van der Waals surface area contributed by atoms with Gasteiger partial charge in [-0.2, -0.15) is 0 Å². The quantitative estimate of drug-likeness (QED) is 0.720. The molecule has 3 saturated carbocycles. The van der Waals surface area contributed by atoms with Gasteiger partial charge in [0.1, 0.15) is 17.9 Å². The number of hydrogen-bond donors (Lipinski definition) is 1. The van der Waals surface area contributed by atoms with Crippen LogP contribution >= 0.6 is 0 Å². The number of allylic oxidation sites excluding steroid dienone is 1.